The van der Waals surface area contributed by atoms with Gasteiger partial charge in [-0.05, 0) is 62.3 Å². The number of nitrogens with one attached hydrogen (secondary N) is 3. The number of benzene rings is 1. The highest BCUT2D eigenvalue weighted by Crippen LogP contribution is 2.22. The molecule has 9 nitrogen and oxygen atoms in total. The molecule has 0 aliphatic carbocycles. The molecule has 0 saturated carbocycles. The van der Waals surface area contributed by atoms with Crippen LogP contribution in [0.2, 0.25) is 0 Å². The zero-order chi connectivity index (χ0) is 21.2. The Bertz CT molecular complexity index is 677. The predicted octanol–water partition coefficient (Wildman–Crippen LogP) is 0.863. The summed E-state index contributed by atoms with van der Waals surface area (Å²) >= 11 is 0. The SMILES string of the molecule is Cc1cc(OCCCC2CCN(C(=N)NO)CC2)ccc1C(=O)NCC(O)CO. The number of aryl methyl sites for hydroxylation is 1. The van der Waals surface area contributed by atoms with Crippen LogP contribution in [-0.4, -0.2) is 71.1 Å². The number of piperidine rings is 1. The van der Waals surface area contributed by atoms with Crippen molar-refractivity contribution in [3.05, 3.63) is 29.3 Å². The number of carbonyl (C=O) groups is 1. The number of hydrogen-bond donors (Lipinski definition) is 6. The second kappa shape index (κ2) is 11.6. The third-order valence-electron chi connectivity index (χ3n) is 5.21. The Morgan fingerprint density at radius 2 is 2.10 bits per heavy atom. The standard InChI is InChI=1S/C20H32N4O5/c1-14-11-17(4-5-18(14)19(27)22-12-16(26)13-25)29-10-2-3-15-6-8-24(9-7-15)20(21)23-28/h4-5,11,15-16,25-26,28H,2-3,6-10,12-13H2,1H3,(H2,21,23)(H,22,27). The van der Waals surface area contributed by atoms with Gasteiger partial charge in [0.25, 0.3) is 5.91 Å². The molecule has 6 N–H and O–H groups in total. The lowest BCUT2D eigenvalue weighted by Crippen LogP contribution is -2.43. The normalized spacial score (nSPS) is 15.7. The molecule has 1 fully saturated rings. The van der Waals surface area contributed by atoms with Crippen molar-refractivity contribution in [3.8, 4) is 5.75 Å². The first-order chi connectivity index (χ1) is 13.9. The molecule has 0 spiro atoms. The van der Waals surface area contributed by atoms with E-state index in [9.17, 15) is 9.90 Å². The Hall–Kier alpha value is -2.36. The maximum Gasteiger partial charge on any atom is 0.251 e. The van der Waals surface area contributed by atoms with E-state index in [1.165, 1.54) is 0 Å². The molecule has 0 aromatic heterocycles. The van der Waals surface area contributed by atoms with Gasteiger partial charge in [0, 0.05) is 25.2 Å². The van der Waals surface area contributed by atoms with Crippen LogP contribution in [0, 0.1) is 18.3 Å². The average molecular weight is 408 g/mol. The number of aliphatic hydroxyl groups is 2. The highest BCUT2D eigenvalue weighted by molar-refractivity contribution is 5.95. The van der Waals surface area contributed by atoms with Crippen molar-refractivity contribution in [2.24, 2.45) is 5.92 Å². The van der Waals surface area contributed by atoms with E-state index >= 15 is 0 Å². The molecule has 1 saturated heterocycles. The number of hydroxylamine groups is 1. The van der Waals surface area contributed by atoms with E-state index in [1.807, 2.05) is 23.4 Å². The molecule has 0 radical (unpaired) electrons. The first-order valence-corrected chi connectivity index (χ1v) is 9.98. The van der Waals surface area contributed by atoms with Crippen LogP contribution in [0.1, 0.15) is 41.6 Å². The van der Waals surface area contributed by atoms with Gasteiger partial charge in [0.2, 0.25) is 5.96 Å². The Balaban J connectivity index is 1.70. The van der Waals surface area contributed by atoms with E-state index in [0.29, 0.717) is 23.8 Å². The van der Waals surface area contributed by atoms with Gasteiger partial charge in [0.15, 0.2) is 0 Å². The largest absolute Gasteiger partial charge is 0.494 e. The smallest absolute Gasteiger partial charge is 0.251 e. The minimum atomic E-state index is -0.965. The van der Waals surface area contributed by atoms with Crippen molar-refractivity contribution in [1.29, 1.82) is 5.41 Å². The summed E-state index contributed by atoms with van der Waals surface area (Å²) in [6.07, 6.45) is 3.02. The second-order valence-corrected chi connectivity index (χ2v) is 7.40. The minimum absolute atomic E-state index is 0.00357. The van der Waals surface area contributed by atoms with E-state index in [1.54, 1.807) is 12.1 Å². The second-order valence-electron chi connectivity index (χ2n) is 7.40. The minimum Gasteiger partial charge on any atom is -0.494 e. The Morgan fingerprint density at radius 1 is 1.38 bits per heavy atom. The molecular formula is C20H32N4O5. The maximum atomic E-state index is 12.1. The zero-order valence-corrected chi connectivity index (χ0v) is 16.9. The lowest BCUT2D eigenvalue weighted by Gasteiger charge is -2.32. The summed E-state index contributed by atoms with van der Waals surface area (Å²) in [5.41, 5.74) is 3.19. The van der Waals surface area contributed by atoms with Gasteiger partial charge in [-0.3, -0.25) is 15.4 Å². The van der Waals surface area contributed by atoms with Crippen LogP contribution < -0.4 is 15.5 Å². The van der Waals surface area contributed by atoms with Gasteiger partial charge in [-0.2, -0.15) is 0 Å². The van der Waals surface area contributed by atoms with Crippen LogP contribution in [0.3, 0.4) is 0 Å². The number of ether oxygens (including phenoxy) is 1. The first kappa shape index (κ1) is 22.9. The van der Waals surface area contributed by atoms with Crippen molar-refractivity contribution >= 4 is 11.9 Å². The summed E-state index contributed by atoms with van der Waals surface area (Å²) in [5.74, 6) is 1.08. The summed E-state index contributed by atoms with van der Waals surface area (Å²) in [7, 11) is 0. The molecule has 1 aromatic rings. The summed E-state index contributed by atoms with van der Waals surface area (Å²) in [4.78, 5) is 14.0. The number of aliphatic hydroxyl groups excluding tert-OH is 2. The number of amides is 1. The van der Waals surface area contributed by atoms with Crippen molar-refractivity contribution in [2.75, 3.05) is 32.8 Å². The molecule has 1 aliphatic rings. The quantitative estimate of drug-likeness (QED) is 0.154. The molecule has 162 valence electrons. The molecule has 0 bridgehead atoms. The van der Waals surface area contributed by atoms with Crippen LogP contribution in [0.25, 0.3) is 0 Å². The fourth-order valence-corrected chi connectivity index (χ4v) is 3.43. The Kier molecular flexibility index (Phi) is 9.17. The van der Waals surface area contributed by atoms with Gasteiger partial charge in [-0.25, -0.2) is 5.48 Å². The topological polar surface area (TPSA) is 138 Å². The molecule has 9 heteroatoms. The van der Waals surface area contributed by atoms with Gasteiger partial charge in [-0.1, -0.05) is 0 Å². The lowest BCUT2D eigenvalue weighted by atomic mass is 9.92. The van der Waals surface area contributed by atoms with Crippen LogP contribution in [0.4, 0.5) is 0 Å². The van der Waals surface area contributed by atoms with Crippen molar-refractivity contribution in [1.82, 2.24) is 15.7 Å². The summed E-state index contributed by atoms with van der Waals surface area (Å²) in [6.45, 7) is 3.59. The fourth-order valence-electron chi connectivity index (χ4n) is 3.43. The fraction of sp³-hybridized carbons (Fsp3) is 0.600. The van der Waals surface area contributed by atoms with Gasteiger partial charge >= 0.3 is 0 Å². The zero-order valence-electron chi connectivity index (χ0n) is 16.9. The lowest BCUT2D eigenvalue weighted by molar-refractivity contribution is 0.0801. The molecule has 1 aromatic carbocycles. The van der Waals surface area contributed by atoms with E-state index in [2.05, 4.69) is 5.32 Å². The van der Waals surface area contributed by atoms with E-state index in [-0.39, 0.29) is 18.4 Å². The molecule has 1 amide bonds. The van der Waals surface area contributed by atoms with Crippen LogP contribution in [0.15, 0.2) is 18.2 Å². The Morgan fingerprint density at radius 3 is 2.72 bits per heavy atom. The third-order valence-corrected chi connectivity index (χ3v) is 5.21. The van der Waals surface area contributed by atoms with Crippen LogP contribution in [0.5, 0.6) is 5.75 Å². The highest BCUT2D eigenvalue weighted by atomic mass is 16.5. The van der Waals surface area contributed by atoms with Crippen molar-refractivity contribution in [3.63, 3.8) is 0 Å². The van der Waals surface area contributed by atoms with Crippen molar-refractivity contribution < 1.29 is 25.0 Å². The number of nitrogens with zero attached hydrogens (tertiary/aromatic N) is 1. The monoisotopic (exact) mass is 408 g/mol. The molecular weight excluding hydrogens is 376 g/mol. The summed E-state index contributed by atoms with van der Waals surface area (Å²) < 4.78 is 5.81. The molecule has 2 rings (SSSR count). The van der Waals surface area contributed by atoms with E-state index < -0.39 is 12.7 Å². The Labute approximate surface area is 171 Å². The third kappa shape index (κ3) is 7.19. The predicted molar refractivity (Wildman–Crippen MR) is 108 cm³/mol. The number of rotatable bonds is 9. The average Bonchev–Trinajstić information content (AvgIpc) is 2.74. The van der Waals surface area contributed by atoms with Crippen molar-refractivity contribution in [2.45, 2.75) is 38.7 Å². The molecule has 1 unspecified atom stereocenters. The molecule has 1 atom stereocenters. The van der Waals surface area contributed by atoms with Gasteiger partial charge in [0.1, 0.15) is 5.75 Å². The number of carbonyl (C=O) groups excluding carboxylic acids is 1. The maximum absolute atomic E-state index is 12.1. The first-order valence-electron chi connectivity index (χ1n) is 9.98. The van der Waals surface area contributed by atoms with E-state index in [4.69, 9.17) is 20.5 Å². The number of hydrogen-bond acceptors (Lipinski definition) is 6. The summed E-state index contributed by atoms with van der Waals surface area (Å²) in [6, 6.07) is 5.28. The number of guanidine groups is 1. The molecule has 1 aliphatic heterocycles. The summed E-state index contributed by atoms with van der Waals surface area (Å²) in [5, 5.41) is 37.1. The van der Waals surface area contributed by atoms with Gasteiger partial charge < -0.3 is 25.2 Å². The number of likely N-dealkylation sites (tertiary alicyclic amines) is 1. The van der Waals surface area contributed by atoms with Crippen LogP contribution >= 0.6 is 0 Å². The van der Waals surface area contributed by atoms with E-state index in [0.717, 1.165) is 44.3 Å². The highest BCUT2D eigenvalue weighted by Gasteiger charge is 2.20. The van der Waals surface area contributed by atoms with Gasteiger partial charge in [0.05, 0.1) is 19.3 Å². The van der Waals surface area contributed by atoms with Crippen LogP contribution in [-0.2, 0) is 0 Å². The van der Waals surface area contributed by atoms with Gasteiger partial charge in [-0.15, -0.1) is 0 Å². The molecule has 1 heterocycles. The molecule has 29 heavy (non-hydrogen) atoms.